The highest BCUT2D eigenvalue weighted by Crippen LogP contribution is 2.34. The van der Waals surface area contributed by atoms with Crippen LogP contribution in [0.3, 0.4) is 0 Å². The monoisotopic (exact) mass is 275 g/mol. The Morgan fingerprint density at radius 2 is 2.10 bits per heavy atom. The average Bonchev–Trinajstić information content (AvgIpc) is 3.08. The summed E-state index contributed by atoms with van der Waals surface area (Å²) in [5, 5.41) is 0. The molecule has 1 aromatic rings. The standard InChI is InChI=1S/C16H21NO3/c1-10-9-13(11(2)20-10)16(19)17-8-4-6-14(17)12-5-3-7-15(12)18/h9,12,14H,3-8H2,1-2H3. The summed E-state index contributed by atoms with van der Waals surface area (Å²) < 4.78 is 5.46. The summed E-state index contributed by atoms with van der Waals surface area (Å²) in [7, 11) is 0. The van der Waals surface area contributed by atoms with Gasteiger partial charge in [-0.3, -0.25) is 9.59 Å². The lowest BCUT2D eigenvalue weighted by Gasteiger charge is -2.28. The maximum Gasteiger partial charge on any atom is 0.257 e. The van der Waals surface area contributed by atoms with Gasteiger partial charge in [-0.2, -0.15) is 0 Å². The van der Waals surface area contributed by atoms with E-state index in [9.17, 15) is 9.59 Å². The number of hydrogen-bond acceptors (Lipinski definition) is 3. The lowest BCUT2D eigenvalue weighted by atomic mass is 9.94. The molecule has 0 spiro atoms. The van der Waals surface area contributed by atoms with Crippen molar-refractivity contribution in [1.29, 1.82) is 0 Å². The number of carbonyl (C=O) groups excluding carboxylic acids is 2. The number of carbonyl (C=O) groups is 2. The van der Waals surface area contributed by atoms with Gasteiger partial charge in [-0.05, 0) is 45.6 Å². The second kappa shape index (κ2) is 5.08. The summed E-state index contributed by atoms with van der Waals surface area (Å²) in [6, 6.07) is 1.91. The fourth-order valence-electron chi connectivity index (χ4n) is 3.71. The quantitative estimate of drug-likeness (QED) is 0.834. The maximum absolute atomic E-state index is 12.7. The van der Waals surface area contributed by atoms with E-state index in [1.54, 1.807) is 0 Å². The molecule has 1 aliphatic carbocycles. The fourth-order valence-corrected chi connectivity index (χ4v) is 3.71. The first kappa shape index (κ1) is 13.4. The van der Waals surface area contributed by atoms with Crippen molar-refractivity contribution in [2.45, 2.75) is 52.0 Å². The minimum absolute atomic E-state index is 0.0292. The molecule has 1 saturated carbocycles. The Labute approximate surface area is 119 Å². The van der Waals surface area contributed by atoms with Crippen molar-refractivity contribution in [3.63, 3.8) is 0 Å². The topological polar surface area (TPSA) is 50.5 Å². The van der Waals surface area contributed by atoms with Gasteiger partial charge < -0.3 is 9.32 Å². The van der Waals surface area contributed by atoms with Gasteiger partial charge in [0.25, 0.3) is 5.91 Å². The number of ketones is 1. The summed E-state index contributed by atoms with van der Waals surface area (Å²) in [6.45, 7) is 4.44. The first-order valence-electron chi connectivity index (χ1n) is 7.48. The van der Waals surface area contributed by atoms with Crippen molar-refractivity contribution in [2.24, 2.45) is 5.92 Å². The molecule has 2 aliphatic rings. The van der Waals surface area contributed by atoms with E-state index in [2.05, 4.69) is 0 Å². The van der Waals surface area contributed by atoms with Crippen molar-refractivity contribution < 1.29 is 14.0 Å². The van der Waals surface area contributed by atoms with Crippen molar-refractivity contribution in [1.82, 2.24) is 4.90 Å². The number of furan rings is 1. The molecule has 4 nitrogen and oxygen atoms in total. The predicted octanol–water partition coefficient (Wildman–Crippen LogP) is 2.87. The fraction of sp³-hybridized carbons (Fsp3) is 0.625. The summed E-state index contributed by atoms with van der Waals surface area (Å²) in [5.41, 5.74) is 0.653. The van der Waals surface area contributed by atoms with Crippen LogP contribution in [0.1, 0.15) is 54.0 Å². The van der Waals surface area contributed by atoms with E-state index in [1.807, 2.05) is 24.8 Å². The van der Waals surface area contributed by atoms with Gasteiger partial charge in [0.2, 0.25) is 0 Å². The Morgan fingerprint density at radius 1 is 1.30 bits per heavy atom. The molecule has 1 aromatic heterocycles. The maximum atomic E-state index is 12.7. The van der Waals surface area contributed by atoms with Gasteiger partial charge in [-0.15, -0.1) is 0 Å². The predicted molar refractivity (Wildman–Crippen MR) is 74.6 cm³/mol. The van der Waals surface area contributed by atoms with Gasteiger partial charge in [-0.1, -0.05) is 0 Å². The lowest BCUT2D eigenvalue weighted by molar-refractivity contribution is -0.121. The van der Waals surface area contributed by atoms with Gasteiger partial charge in [0.05, 0.1) is 5.56 Å². The molecular formula is C16H21NO3. The van der Waals surface area contributed by atoms with Crippen LogP contribution in [0.15, 0.2) is 10.5 Å². The van der Waals surface area contributed by atoms with E-state index in [1.165, 1.54) is 0 Å². The minimum Gasteiger partial charge on any atom is -0.466 e. The highest BCUT2D eigenvalue weighted by molar-refractivity contribution is 5.96. The molecule has 3 rings (SSSR count). The molecule has 2 atom stereocenters. The zero-order valence-electron chi connectivity index (χ0n) is 12.1. The number of amides is 1. The molecule has 4 heteroatoms. The molecule has 0 radical (unpaired) electrons. The van der Waals surface area contributed by atoms with Crippen molar-refractivity contribution >= 4 is 11.7 Å². The van der Waals surface area contributed by atoms with Crippen LogP contribution in [0.5, 0.6) is 0 Å². The van der Waals surface area contributed by atoms with E-state index in [4.69, 9.17) is 4.42 Å². The molecule has 108 valence electrons. The van der Waals surface area contributed by atoms with Crippen LogP contribution in [0, 0.1) is 19.8 Å². The Bertz CT molecular complexity index is 546. The van der Waals surface area contributed by atoms with E-state index in [0.717, 1.165) is 38.0 Å². The third-order valence-electron chi connectivity index (χ3n) is 4.65. The van der Waals surface area contributed by atoms with Crippen LogP contribution in [0.4, 0.5) is 0 Å². The Morgan fingerprint density at radius 3 is 2.70 bits per heavy atom. The van der Waals surface area contributed by atoms with E-state index in [0.29, 0.717) is 23.5 Å². The van der Waals surface area contributed by atoms with Gasteiger partial charge >= 0.3 is 0 Å². The number of likely N-dealkylation sites (tertiary alicyclic amines) is 1. The van der Waals surface area contributed by atoms with Crippen molar-refractivity contribution in [2.75, 3.05) is 6.54 Å². The first-order chi connectivity index (χ1) is 9.58. The molecule has 20 heavy (non-hydrogen) atoms. The van der Waals surface area contributed by atoms with Gasteiger partial charge in [0.1, 0.15) is 17.3 Å². The molecule has 2 fully saturated rings. The van der Waals surface area contributed by atoms with E-state index in [-0.39, 0.29) is 17.9 Å². The number of nitrogens with zero attached hydrogens (tertiary/aromatic N) is 1. The van der Waals surface area contributed by atoms with Crippen LogP contribution in [-0.2, 0) is 4.79 Å². The summed E-state index contributed by atoms with van der Waals surface area (Å²) in [6.07, 6.45) is 4.56. The summed E-state index contributed by atoms with van der Waals surface area (Å²) >= 11 is 0. The Balaban J connectivity index is 1.83. The average molecular weight is 275 g/mol. The molecule has 0 N–H and O–H groups in total. The molecule has 1 saturated heterocycles. The SMILES string of the molecule is Cc1cc(C(=O)N2CCCC2C2CCCC2=O)c(C)o1. The normalized spacial score (nSPS) is 26.5. The molecule has 1 amide bonds. The number of rotatable bonds is 2. The highest BCUT2D eigenvalue weighted by atomic mass is 16.3. The third kappa shape index (κ3) is 2.17. The van der Waals surface area contributed by atoms with Crippen LogP contribution in [0.2, 0.25) is 0 Å². The first-order valence-corrected chi connectivity index (χ1v) is 7.48. The second-order valence-corrected chi connectivity index (χ2v) is 6.00. The summed E-state index contributed by atoms with van der Waals surface area (Å²) in [5.74, 6) is 1.88. The number of Topliss-reactive ketones (excluding diaryl/α,β-unsaturated/α-hetero) is 1. The molecular weight excluding hydrogens is 254 g/mol. The second-order valence-electron chi connectivity index (χ2n) is 6.00. The molecule has 2 heterocycles. The molecule has 0 aromatic carbocycles. The third-order valence-corrected chi connectivity index (χ3v) is 4.65. The minimum atomic E-state index is 0.0292. The van der Waals surface area contributed by atoms with Crippen LogP contribution in [0.25, 0.3) is 0 Å². The zero-order valence-corrected chi connectivity index (χ0v) is 12.1. The van der Waals surface area contributed by atoms with Crippen molar-refractivity contribution in [3.8, 4) is 0 Å². The van der Waals surface area contributed by atoms with Gasteiger partial charge in [0, 0.05) is 24.9 Å². The molecule has 2 unspecified atom stereocenters. The smallest absolute Gasteiger partial charge is 0.257 e. The van der Waals surface area contributed by atoms with Crippen LogP contribution in [-0.4, -0.2) is 29.2 Å². The number of aryl methyl sites for hydroxylation is 2. The van der Waals surface area contributed by atoms with Crippen molar-refractivity contribution in [3.05, 3.63) is 23.2 Å². The zero-order chi connectivity index (χ0) is 14.3. The largest absolute Gasteiger partial charge is 0.466 e. The number of hydrogen-bond donors (Lipinski definition) is 0. The molecule has 0 bridgehead atoms. The van der Waals surface area contributed by atoms with Crippen LogP contribution < -0.4 is 0 Å². The molecule has 1 aliphatic heterocycles. The Kier molecular flexibility index (Phi) is 3.40. The van der Waals surface area contributed by atoms with E-state index >= 15 is 0 Å². The Hall–Kier alpha value is -1.58. The van der Waals surface area contributed by atoms with E-state index < -0.39 is 0 Å². The summed E-state index contributed by atoms with van der Waals surface area (Å²) in [4.78, 5) is 26.6. The van der Waals surface area contributed by atoms with Crippen LogP contribution >= 0.6 is 0 Å². The van der Waals surface area contributed by atoms with Gasteiger partial charge in [-0.25, -0.2) is 0 Å². The lowest BCUT2D eigenvalue weighted by Crippen LogP contribution is -2.41. The van der Waals surface area contributed by atoms with Gasteiger partial charge in [0.15, 0.2) is 0 Å². The highest BCUT2D eigenvalue weighted by Gasteiger charge is 2.40.